The molecule has 0 saturated carbocycles. The Bertz CT molecular complexity index is 3070. The van der Waals surface area contributed by atoms with Gasteiger partial charge in [0.15, 0.2) is 11.9 Å². The molecule has 10 atom stereocenters. The molecule has 1 aliphatic rings. The highest BCUT2D eigenvalue weighted by Gasteiger charge is 2.35. The Kier molecular flexibility index (Phi) is 37.5. The molecule has 28 N–H and O–H groups in total. The number of primary amides is 1. The number of aliphatic imine (C=N–C) groups is 2. The van der Waals surface area contributed by atoms with Crippen LogP contribution < -0.4 is 104 Å². The molecule has 0 aliphatic carbocycles. The molecule has 0 aromatic heterocycles. The van der Waals surface area contributed by atoms with Crippen LogP contribution >= 0.6 is 0 Å². The van der Waals surface area contributed by atoms with E-state index in [0.717, 1.165) is 11.1 Å². The van der Waals surface area contributed by atoms with Gasteiger partial charge in [0, 0.05) is 32.6 Å². The first-order chi connectivity index (χ1) is 47.0. The molecule has 0 fully saturated rings. The highest BCUT2D eigenvalue weighted by molar-refractivity contribution is 5.99. The summed E-state index contributed by atoms with van der Waals surface area (Å²) in [5.74, 6) is -11.8. The van der Waals surface area contributed by atoms with Gasteiger partial charge in [0.25, 0.3) is 0 Å². The number of nitrogens with two attached hydrogens (primary N) is 7. The lowest BCUT2D eigenvalue weighted by Gasteiger charge is -2.26. The van der Waals surface area contributed by atoms with E-state index in [4.69, 9.17) is 40.1 Å². The van der Waals surface area contributed by atoms with E-state index in [-0.39, 0.29) is 89.5 Å². The summed E-state index contributed by atoms with van der Waals surface area (Å²) in [7, 11) is 0. The first kappa shape index (κ1) is 83.1. The molecule has 3 rings (SSSR count). The van der Waals surface area contributed by atoms with E-state index in [0.29, 0.717) is 44.5 Å². The van der Waals surface area contributed by atoms with E-state index < -0.39 is 164 Å². The third-order valence-electron chi connectivity index (χ3n) is 15.3. The molecular weight excluding hydrogens is 1290 g/mol. The molecule has 99 heavy (non-hydrogen) atoms. The minimum absolute atomic E-state index is 0.0217. The second-order valence-electron chi connectivity index (χ2n) is 23.6. The summed E-state index contributed by atoms with van der Waals surface area (Å²) in [5.41, 5.74) is 41.4. The molecule has 0 radical (unpaired) electrons. The Morgan fingerprint density at radius 2 is 0.859 bits per heavy atom. The number of hydrogen-bond donors (Lipinski definition) is 21. The lowest BCUT2D eigenvalue weighted by molar-refractivity contribution is -0.136. The van der Waals surface area contributed by atoms with E-state index in [2.05, 4.69) is 73.8 Å². The molecule has 13 amide bonds. The second kappa shape index (κ2) is 44.7. The van der Waals surface area contributed by atoms with Crippen LogP contribution in [0.4, 0.5) is 0 Å². The first-order valence-corrected chi connectivity index (χ1v) is 32.5. The quantitative estimate of drug-likeness (QED) is 0.0166. The Labute approximate surface area is 573 Å². The smallest absolute Gasteiger partial charge is 0.245 e. The van der Waals surface area contributed by atoms with Crippen molar-refractivity contribution < 1.29 is 72.5 Å². The minimum Gasteiger partial charge on any atom is -0.394 e. The Hall–Kier alpha value is -10.1. The number of carbonyl (C=O) groups excluding carboxylic acids is 13. The SMILES string of the molecule is C[C@H](NC(=O)CNC(=O)[C@H](NC(=O)[C@H](Cc1ccccc1)NC(=O)CNC(=O)CNC(=O)CN1Cc2ccccc2C1)[C@@H](C)O)C(=O)N[C@@H](CCCN=C(N)N)C(=O)N[C@@H](CCCCN)C(=O)N[C@@H](CO)C(=O)N[C@@H](C)C(=O)N[C@@H](CCCN=C(N)N)C(=O)N[C@@H](CCCCN)C(N)=O. The van der Waals surface area contributed by atoms with Crippen LogP contribution in [0.15, 0.2) is 64.6 Å². The predicted molar refractivity (Wildman–Crippen MR) is 362 cm³/mol. The second-order valence-corrected chi connectivity index (χ2v) is 23.6. The number of carbonyl (C=O) groups is 13. The van der Waals surface area contributed by atoms with Crippen molar-refractivity contribution in [2.75, 3.05) is 59.0 Å². The summed E-state index contributed by atoms with van der Waals surface area (Å²) in [4.78, 5) is 183. The van der Waals surface area contributed by atoms with Gasteiger partial charge in [-0.15, -0.1) is 0 Å². The number of rotatable bonds is 46. The monoisotopic (exact) mass is 1390 g/mol. The number of fused-ring (bicyclic) bond motifs is 1. The number of unbranched alkanes of at least 4 members (excludes halogenated alkanes) is 2. The Balaban J connectivity index is 1.65. The van der Waals surface area contributed by atoms with Gasteiger partial charge in [-0.2, -0.15) is 0 Å². The Morgan fingerprint density at radius 1 is 0.444 bits per heavy atom. The summed E-state index contributed by atoms with van der Waals surface area (Å²) in [6, 6.07) is 3.30. The summed E-state index contributed by atoms with van der Waals surface area (Å²) >= 11 is 0. The lowest BCUT2D eigenvalue weighted by atomic mass is 10.0. The van der Waals surface area contributed by atoms with Crippen molar-refractivity contribution in [1.82, 2.24) is 68.7 Å². The molecule has 1 heterocycles. The third kappa shape index (κ3) is 32.2. The van der Waals surface area contributed by atoms with Crippen LogP contribution in [0.25, 0.3) is 0 Å². The van der Waals surface area contributed by atoms with Crippen LogP contribution in [0.2, 0.25) is 0 Å². The van der Waals surface area contributed by atoms with E-state index in [1.165, 1.54) is 20.8 Å². The fourth-order valence-electron chi connectivity index (χ4n) is 9.86. The summed E-state index contributed by atoms with van der Waals surface area (Å²) in [5, 5.41) is 50.3. The fourth-order valence-corrected chi connectivity index (χ4v) is 9.86. The number of nitrogens with zero attached hydrogens (tertiary/aromatic N) is 3. The number of nitrogens with one attached hydrogen (secondary N) is 12. The van der Waals surface area contributed by atoms with Gasteiger partial charge in [-0.1, -0.05) is 54.6 Å². The maximum Gasteiger partial charge on any atom is 0.245 e. The van der Waals surface area contributed by atoms with Crippen LogP contribution in [-0.4, -0.2) is 223 Å². The van der Waals surface area contributed by atoms with Gasteiger partial charge in [-0.3, -0.25) is 77.2 Å². The normalized spacial score (nSPS) is 14.6. The number of hydrogen-bond acceptors (Lipinski definition) is 20. The molecule has 0 spiro atoms. The predicted octanol–water partition coefficient (Wildman–Crippen LogP) is -8.78. The van der Waals surface area contributed by atoms with Gasteiger partial charge < -0.3 is 114 Å². The van der Waals surface area contributed by atoms with Crippen LogP contribution in [0.3, 0.4) is 0 Å². The highest BCUT2D eigenvalue weighted by Crippen LogP contribution is 2.21. The Morgan fingerprint density at radius 3 is 1.35 bits per heavy atom. The van der Waals surface area contributed by atoms with Crippen LogP contribution in [0.1, 0.15) is 102 Å². The lowest BCUT2D eigenvalue weighted by Crippen LogP contribution is -2.60. The van der Waals surface area contributed by atoms with Crippen LogP contribution in [-0.2, 0) is 81.8 Å². The molecule has 0 unspecified atom stereocenters. The molecule has 37 nitrogen and oxygen atoms in total. The molecule has 2 aromatic carbocycles. The molecular formula is C62H100N22O15. The molecule has 1 aliphatic heterocycles. The summed E-state index contributed by atoms with van der Waals surface area (Å²) in [6.07, 6.45) is 0.0790. The van der Waals surface area contributed by atoms with E-state index in [1.807, 2.05) is 29.2 Å². The van der Waals surface area contributed by atoms with E-state index in [9.17, 15) is 72.5 Å². The highest BCUT2D eigenvalue weighted by atomic mass is 16.3. The maximum absolute atomic E-state index is 14.1. The number of benzene rings is 2. The largest absolute Gasteiger partial charge is 0.394 e. The van der Waals surface area contributed by atoms with Gasteiger partial charge >= 0.3 is 0 Å². The third-order valence-corrected chi connectivity index (χ3v) is 15.3. The van der Waals surface area contributed by atoms with E-state index in [1.54, 1.807) is 30.3 Å². The molecule has 0 bridgehead atoms. The van der Waals surface area contributed by atoms with Crippen molar-refractivity contribution in [3.63, 3.8) is 0 Å². The van der Waals surface area contributed by atoms with Crippen molar-refractivity contribution in [1.29, 1.82) is 0 Å². The number of guanidine groups is 2. The van der Waals surface area contributed by atoms with Crippen LogP contribution in [0.5, 0.6) is 0 Å². The first-order valence-electron chi connectivity index (χ1n) is 32.5. The van der Waals surface area contributed by atoms with Gasteiger partial charge in [0.05, 0.1) is 38.9 Å². The summed E-state index contributed by atoms with van der Waals surface area (Å²) in [6.45, 7) is 2.56. The number of aliphatic hydroxyl groups excluding tert-OH is 2. The fraction of sp³-hybridized carbons (Fsp3) is 0.565. The van der Waals surface area contributed by atoms with Gasteiger partial charge in [0.2, 0.25) is 76.8 Å². The zero-order chi connectivity index (χ0) is 73.6. The van der Waals surface area contributed by atoms with E-state index >= 15 is 0 Å². The zero-order valence-electron chi connectivity index (χ0n) is 56.1. The van der Waals surface area contributed by atoms with Gasteiger partial charge in [-0.05, 0) is 115 Å². The summed E-state index contributed by atoms with van der Waals surface area (Å²) < 4.78 is 0. The van der Waals surface area contributed by atoms with Crippen molar-refractivity contribution in [3.8, 4) is 0 Å². The van der Waals surface area contributed by atoms with Crippen LogP contribution in [0, 0.1) is 0 Å². The minimum atomic E-state index is -1.73. The van der Waals surface area contributed by atoms with Crippen molar-refractivity contribution in [2.24, 2.45) is 50.1 Å². The molecule has 0 saturated heterocycles. The number of aliphatic hydroxyl groups is 2. The molecule has 37 heteroatoms. The van der Waals surface area contributed by atoms with Gasteiger partial charge in [-0.25, -0.2) is 0 Å². The molecule has 2 aromatic rings. The molecule has 548 valence electrons. The average Bonchev–Trinajstić information content (AvgIpc) is 1.78. The maximum atomic E-state index is 14.1. The topological polar surface area (TPSA) is 617 Å². The number of amides is 13. The van der Waals surface area contributed by atoms with Crippen molar-refractivity contribution >= 4 is 88.7 Å². The average molecular weight is 1390 g/mol. The van der Waals surface area contributed by atoms with Gasteiger partial charge in [0.1, 0.15) is 54.4 Å². The van der Waals surface area contributed by atoms with Crippen molar-refractivity contribution in [2.45, 2.75) is 165 Å². The zero-order valence-corrected chi connectivity index (χ0v) is 56.1. The van der Waals surface area contributed by atoms with Crippen molar-refractivity contribution in [3.05, 3.63) is 71.3 Å². The standard InChI is InChI=1S/C62H100N22O15/c1-35(75-48(88)30-74-60(99)51(37(3)86)83-58(97)45(27-38-15-5-4-6-16-38)77-49(89)29-72-47(87)28-73-50(90)33-84-31-39-17-7-8-18-40(39)32-84)53(92)79-44(22-14-26-71-62(68)69)56(95)81-42(20-10-12-24-64)57(96)82-46(34-85)59(98)76-36(2)54(93)80-43(21-13-25-70-61(66)67)55(94)78-41(52(65)91)19-9-11-23-63/h4-8,15-18,35-37,41-46,51,85-86H,9-14,19-34,63-64H2,1-3H3,(H2,65,91)(H,72,87)(H,73,90)(H,74,99)(H,75,88)(H,76,98)(H,77,89)(H,78,94)(H,79,92)(H,80,93)(H,81,95)(H,82,96)(H,83,97)(H4,66,67,70)(H4,68,69,71)/t35-,36-,37+,41-,42-,43-,44-,45-,46-,51+/m0/s1.